The first-order valence-electron chi connectivity index (χ1n) is 5.02. The van der Waals surface area contributed by atoms with Gasteiger partial charge in [-0.1, -0.05) is 0 Å². The first kappa shape index (κ1) is 12.2. The molecule has 0 saturated carbocycles. The van der Waals surface area contributed by atoms with Gasteiger partial charge in [0.1, 0.15) is 15.7 Å². The summed E-state index contributed by atoms with van der Waals surface area (Å²) < 4.78 is 0. The summed E-state index contributed by atoms with van der Waals surface area (Å²) in [6.07, 6.45) is 0. The molecule has 0 atom stereocenters. The minimum Gasteiger partial charge on any atom is -0.344 e. The van der Waals surface area contributed by atoms with Gasteiger partial charge in [0.05, 0.1) is 6.54 Å². The van der Waals surface area contributed by atoms with Crippen molar-refractivity contribution in [2.24, 2.45) is 5.73 Å². The van der Waals surface area contributed by atoms with Crippen LogP contribution >= 0.6 is 22.7 Å². The van der Waals surface area contributed by atoms with Crippen molar-refractivity contribution in [3.8, 4) is 0 Å². The van der Waals surface area contributed by atoms with Gasteiger partial charge in [0.2, 0.25) is 0 Å². The van der Waals surface area contributed by atoms with Crippen molar-refractivity contribution in [2.45, 2.75) is 20.0 Å². The fraction of sp³-hybridized carbons (Fsp3) is 0.300. The summed E-state index contributed by atoms with van der Waals surface area (Å²) in [6.45, 7) is 2.73. The van der Waals surface area contributed by atoms with E-state index in [9.17, 15) is 4.79 Å². The number of carbonyl (C=O) groups is 1. The number of rotatable bonds is 4. The molecule has 2 aromatic heterocycles. The number of thiazole rings is 2. The molecule has 5 nitrogen and oxygen atoms in total. The number of amides is 1. The summed E-state index contributed by atoms with van der Waals surface area (Å²) >= 11 is 2.93. The van der Waals surface area contributed by atoms with Crippen LogP contribution in [-0.2, 0) is 13.1 Å². The molecule has 1 amide bonds. The highest BCUT2D eigenvalue weighted by molar-refractivity contribution is 7.10. The molecule has 17 heavy (non-hydrogen) atoms. The van der Waals surface area contributed by atoms with Crippen LogP contribution in [0.25, 0.3) is 0 Å². The lowest BCUT2D eigenvalue weighted by Crippen LogP contribution is -2.23. The third-order valence-corrected chi connectivity index (χ3v) is 3.86. The molecule has 0 saturated heterocycles. The minimum atomic E-state index is -0.186. The predicted octanol–water partition coefficient (Wildman–Crippen LogP) is 1.30. The first-order valence-corrected chi connectivity index (χ1v) is 6.78. The summed E-state index contributed by atoms with van der Waals surface area (Å²) in [5, 5.41) is 8.10. The Morgan fingerprint density at radius 3 is 2.71 bits per heavy atom. The highest BCUT2D eigenvalue weighted by atomic mass is 32.1. The second-order valence-electron chi connectivity index (χ2n) is 3.40. The molecule has 3 N–H and O–H groups in total. The highest BCUT2D eigenvalue weighted by Gasteiger charge is 2.10. The number of hydrogen-bond acceptors (Lipinski definition) is 6. The molecule has 0 aromatic carbocycles. The zero-order valence-corrected chi connectivity index (χ0v) is 10.9. The highest BCUT2D eigenvalue weighted by Crippen LogP contribution is 2.10. The number of hydrogen-bond donors (Lipinski definition) is 2. The van der Waals surface area contributed by atoms with Gasteiger partial charge in [-0.3, -0.25) is 4.79 Å². The van der Waals surface area contributed by atoms with Crippen LogP contribution in [0.4, 0.5) is 0 Å². The van der Waals surface area contributed by atoms with Crippen LogP contribution < -0.4 is 11.1 Å². The maximum atomic E-state index is 11.7. The molecule has 2 aromatic rings. The van der Waals surface area contributed by atoms with E-state index < -0.39 is 0 Å². The van der Waals surface area contributed by atoms with Gasteiger partial charge in [-0.25, -0.2) is 9.97 Å². The summed E-state index contributed by atoms with van der Waals surface area (Å²) in [5.74, 6) is -0.186. The lowest BCUT2D eigenvalue weighted by molar-refractivity contribution is 0.0946. The largest absolute Gasteiger partial charge is 0.344 e. The van der Waals surface area contributed by atoms with Gasteiger partial charge in [-0.05, 0) is 6.92 Å². The molecule has 0 aliphatic rings. The van der Waals surface area contributed by atoms with E-state index in [-0.39, 0.29) is 5.91 Å². The topological polar surface area (TPSA) is 80.9 Å². The predicted molar refractivity (Wildman–Crippen MR) is 68.0 cm³/mol. The summed E-state index contributed by atoms with van der Waals surface area (Å²) in [4.78, 5) is 20.1. The van der Waals surface area contributed by atoms with E-state index in [1.165, 1.54) is 22.7 Å². The number of aromatic nitrogens is 2. The molecule has 0 bridgehead atoms. The standard InChI is InChI=1S/C10H12N4OS2/c1-6-4-16-9(13-6)3-12-10(15)7-5-17-8(2-11)14-7/h4-5H,2-3,11H2,1H3,(H,12,15). The van der Waals surface area contributed by atoms with Gasteiger partial charge in [-0.2, -0.15) is 0 Å². The van der Waals surface area contributed by atoms with Crippen molar-refractivity contribution in [2.75, 3.05) is 0 Å². The lowest BCUT2D eigenvalue weighted by Gasteiger charge is -1.99. The summed E-state index contributed by atoms with van der Waals surface area (Å²) in [6, 6.07) is 0. The molecule has 2 rings (SSSR count). The molecule has 0 unspecified atom stereocenters. The zero-order chi connectivity index (χ0) is 12.3. The molecule has 0 radical (unpaired) electrons. The Kier molecular flexibility index (Phi) is 3.82. The Balaban J connectivity index is 1.93. The van der Waals surface area contributed by atoms with Crippen LogP contribution in [-0.4, -0.2) is 15.9 Å². The van der Waals surface area contributed by atoms with E-state index in [0.717, 1.165) is 15.7 Å². The van der Waals surface area contributed by atoms with Gasteiger partial charge in [0.25, 0.3) is 5.91 Å². The third-order valence-electron chi connectivity index (χ3n) is 2.03. The van der Waals surface area contributed by atoms with Crippen molar-refractivity contribution >= 4 is 28.6 Å². The van der Waals surface area contributed by atoms with Crippen molar-refractivity contribution in [3.63, 3.8) is 0 Å². The average molecular weight is 268 g/mol. The van der Waals surface area contributed by atoms with Crippen LogP contribution in [0, 0.1) is 6.92 Å². The van der Waals surface area contributed by atoms with Gasteiger partial charge >= 0.3 is 0 Å². The number of nitrogens with two attached hydrogens (primary N) is 1. The number of nitrogens with zero attached hydrogens (tertiary/aromatic N) is 2. The van der Waals surface area contributed by atoms with Crippen molar-refractivity contribution < 1.29 is 4.79 Å². The molecule has 2 heterocycles. The monoisotopic (exact) mass is 268 g/mol. The van der Waals surface area contributed by atoms with E-state index in [1.807, 2.05) is 12.3 Å². The van der Waals surface area contributed by atoms with Crippen LogP contribution in [0.15, 0.2) is 10.8 Å². The van der Waals surface area contributed by atoms with Crippen LogP contribution in [0.5, 0.6) is 0 Å². The zero-order valence-electron chi connectivity index (χ0n) is 9.27. The molecule has 0 fully saturated rings. The van der Waals surface area contributed by atoms with Crippen LogP contribution in [0.2, 0.25) is 0 Å². The molecule has 0 spiro atoms. The lowest BCUT2D eigenvalue weighted by atomic mass is 10.4. The fourth-order valence-electron chi connectivity index (χ4n) is 1.24. The van der Waals surface area contributed by atoms with Gasteiger partial charge in [0.15, 0.2) is 0 Å². The molecule has 90 valence electrons. The maximum absolute atomic E-state index is 11.7. The summed E-state index contributed by atoms with van der Waals surface area (Å²) in [5.41, 5.74) is 6.83. The normalized spacial score (nSPS) is 10.5. The van der Waals surface area contributed by atoms with E-state index in [4.69, 9.17) is 5.73 Å². The van der Waals surface area contributed by atoms with Crippen molar-refractivity contribution in [1.82, 2.24) is 15.3 Å². The van der Waals surface area contributed by atoms with Gasteiger partial charge in [0, 0.05) is 23.0 Å². The summed E-state index contributed by atoms with van der Waals surface area (Å²) in [7, 11) is 0. The molecular weight excluding hydrogens is 256 g/mol. The van der Waals surface area contributed by atoms with Crippen LogP contribution in [0.1, 0.15) is 26.2 Å². The average Bonchev–Trinajstić information content (AvgIpc) is 2.94. The Bertz CT molecular complexity index is 520. The number of carbonyl (C=O) groups excluding carboxylic acids is 1. The second kappa shape index (κ2) is 5.35. The minimum absolute atomic E-state index is 0.186. The molecule has 7 heteroatoms. The SMILES string of the molecule is Cc1csc(CNC(=O)c2csc(CN)n2)n1. The second-order valence-corrected chi connectivity index (χ2v) is 5.28. The smallest absolute Gasteiger partial charge is 0.271 e. The van der Waals surface area contributed by atoms with E-state index >= 15 is 0 Å². The number of aryl methyl sites for hydroxylation is 1. The fourth-order valence-corrected chi connectivity index (χ4v) is 2.61. The molecule has 0 aliphatic heterocycles. The Morgan fingerprint density at radius 1 is 1.35 bits per heavy atom. The van der Waals surface area contributed by atoms with E-state index in [1.54, 1.807) is 5.38 Å². The van der Waals surface area contributed by atoms with E-state index in [2.05, 4.69) is 15.3 Å². The first-order chi connectivity index (χ1) is 8.19. The Hall–Kier alpha value is -1.31. The Morgan fingerprint density at radius 2 is 2.12 bits per heavy atom. The van der Waals surface area contributed by atoms with Crippen LogP contribution in [0.3, 0.4) is 0 Å². The third kappa shape index (κ3) is 3.09. The van der Waals surface area contributed by atoms with Crippen molar-refractivity contribution in [1.29, 1.82) is 0 Å². The quantitative estimate of drug-likeness (QED) is 0.875. The van der Waals surface area contributed by atoms with E-state index in [0.29, 0.717) is 18.8 Å². The van der Waals surface area contributed by atoms with Gasteiger partial charge in [-0.15, -0.1) is 22.7 Å². The molecular formula is C10H12N4OS2. The number of nitrogens with one attached hydrogen (secondary N) is 1. The Labute approximate surface area is 107 Å². The molecule has 0 aliphatic carbocycles. The van der Waals surface area contributed by atoms with Crippen molar-refractivity contribution in [3.05, 3.63) is 32.2 Å². The van der Waals surface area contributed by atoms with Gasteiger partial charge < -0.3 is 11.1 Å². The maximum Gasteiger partial charge on any atom is 0.271 e.